The lowest BCUT2D eigenvalue weighted by molar-refractivity contribution is -0.136. The average molecular weight is 395 g/mol. The van der Waals surface area contributed by atoms with Crippen molar-refractivity contribution >= 4 is 15.7 Å². The first-order chi connectivity index (χ1) is 12.9. The Morgan fingerprint density at radius 2 is 1.96 bits per heavy atom. The minimum atomic E-state index is -3.16. The Morgan fingerprint density at radius 1 is 1.30 bits per heavy atom. The van der Waals surface area contributed by atoms with Crippen LogP contribution in [0.3, 0.4) is 0 Å². The first-order valence-corrected chi connectivity index (χ1v) is 10.2. The first kappa shape index (κ1) is 19.3. The third-order valence-corrected chi connectivity index (χ3v) is 6.41. The van der Waals surface area contributed by atoms with Crippen LogP contribution in [0.15, 0.2) is 34.9 Å². The molecule has 1 aromatic heterocycles. The molecule has 0 unspecified atom stereocenters. The van der Waals surface area contributed by atoms with Gasteiger partial charge >= 0.3 is 0 Å². The van der Waals surface area contributed by atoms with Crippen molar-refractivity contribution in [1.29, 1.82) is 0 Å². The fourth-order valence-corrected chi connectivity index (χ4v) is 4.55. The van der Waals surface area contributed by atoms with Gasteiger partial charge in [0.15, 0.2) is 5.76 Å². The predicted molar refractivity (Wildman–Crippen MR) is 95.9 cm³/mol. The summed E-state index contributed by atoms with van der Waals surface area (Å²) in [4.78, 5) is 12.1. The summed E-state index contributed by atoms with van der Waals surface area (Å²) in [5, 5.41) is 16.1. The highest BCUT2D eigenvalue weighted by Crippen LogP contribution is 2.26. The molecule has 2 aromatic rings. The highest BCUT2D eigenvalue weighted by molar-refractivity contribution is 7.91. The standard InChI is InChI=1S/C17H21N3O6S/c1-25-14-4-2-12(3-5-14)15-10-13(20-26-15)11-18-17(16(21)19-22)6-8-27(23,24)9-7-17/h2-5,10,18,22H,6-9,11H2,1H3,(H,19,21). The normalized spacial score (nSPS) is 18.0. The molecule has 1 saturated heterocycles. The lowest BCUT2D eigenvalue weighted by Crippen LogP contribution is -2.59. The van der Waals surface area contributed by atoms with E-state index in [1.54, 1.807) is 30.8 Å². The number of sulfone groups is 1. The molecule has 1 aromatic carbocycles. The number of nitrogens with zero attached hydrogens (tertiary/aromatic N) is 1. The number of nitrogens with one attached hydrogen (secondary N) is 2. The molecule has 3 rings (SSSR count). The maximum Gasteiger partial charge on any atom is 0.263 e. The highest BCUT2D eigenvalue weighted by Gasteiger charge is 2.43. The number of hydrogen-bond donors (Lipinski definition) is 3. The van der Waals surface area contributed by atoms with E-state index in [-0.39, 0.29) is 30.9 Å². The molecule has 1 aliphatic rings. The van der Waals surface area contributed by atoms with Crippen LogP contribution < -0.4 is 15.5 Å². The summed E-state index contributed by atoms with van der Waals surface area (Å²) in [6.07, 6.45) is 0.149. The number of rotatable bonds is 6. The number of hydrogen-bond acceptors (Lipinski definition) is 8. The number of amides is 1. The quantitative estimate of drug-likeness (QED) is 0.486. The maximum atomic E-state index is 12.1. The topological polar surface area (TPSA) is 131 Å². The van der Waals surface area contributed by atoms with E-state index in [2.05, 4.69) is 10.5 Å². The van der Waals surface area contributed by atoms with Crippen LogP contribution in [-0.2, 0) is 21.2 Å². The monoisotopic (exact) mass is 395 g/mol. The molecule has 9 nitrogen and oxygen atoms in total. The molecule has 0 radical (unpaired) electrons. The Balaban J connectivity index is 1.71. The fourth-order valence-electron chi connectivity index (χ4n) is 3.02. The van der Waals surface area contributed by atoms with Gasteiger partial charge in [0.1, 0.15) is 21.1 Å². The fraction of sp³-hybridized carbons (Fsp3) is 0.412. The molecule has 0 bridgehead atoms. The van der Waals surface area contributed by atoms with Gasteiger partial charge in [0.2, 0.25) is 0 Å². The number of methoxy groups -OCH3 is 1. The van der Waals surface area contributed by atoms with Crippen LogP contribution in [0, 0.1) is 0 Å². The summed E-state index contributed by atoms with van der Waals surface area (Å²) < 4.78 is 33.8. The van der Waals surface area contributed by atoms with Gasteiger partial charge in [-0.3, -0.25) is 15.3 Å². The highest BCUT2D eigenvalue weighted by atomic mass is 32.2. The second-order valence-corrected chi connectivity index (χ2v) is 8.74. The van der Waals surface area contributed by atoms with Crippen LogP contribution in [0.5, 0.6) is 5.75 Å². The van der Waals surface area contributed by atoms with Crippen LogP contribution in [0.4, 0.5) is 0 Å². The van der Waals surface area contributed by atoms with Crippen molar-refractivity contribution in [2.45, 2.75) is 24.9 Å². The lowest BCUT2D eigenvalue weighted by Gasteiger charge is -2.35. The Labute approximate surface area is 156 Å². The van der Waals surface area contributed by atoms with Gasteiger partial charge in [-0.15, -0.1) is 0 Å². The molecule has 1 fully saturated rings. The van der Waals surface area contributed by atoms with Crippen molar-refractivity contribution in [3.05, 3.63) is 36.0 Å². The number of benzene rings is 1. The number of hydroxylamine groups is 1. The van der Waals surface area contributed by atoms with E-state index in [0.29, 0.717) is 11.5 Å². The van der Waals surface area contributed by atoms with Crippen LogP contribution in [0.2, 0.25) is 0 Å². The summed E-state index contributed by atoms with van der Waals surface area (Å²) in [5.41, 5.74) is 1.84. The first-order valence-electron chi connectivity index (χ1n) is 8.37. The molecule has 3 N–H and O–H groups in total. The second-order valence-electron chi connectivity index (χ2n) is 6.44. The van der Waals surface area contributed by atoms with Gasteiger partial charge in [0.25, 0.3) is 5.91 Å². The zero-order valence-electron chi connectivity index (χ0n) is 14.8. The summed E-state index contributed by atoms with van der Waals surface area (Å²) in [6.45, 7) is 0.188. The third kappa shape index (κ3) is 4.29. The predicted octanol–water partition coefficient (Wildman–Crippen LogP) is 0.893. The van der Waals surface area contributed by atoms with Crippen molar-refractivity contribution in [3.63, 3.8) is 0 Å². The molecule has 1 amide bonds. The Hall–Kier alpha value is -2.43. The van der Waals surface area contributed by atoms with E-state index >= 15 is 0 Å². The second kappa shape index (κ2) is 7.67. The molecule has 0 aliphatic carbocycles. The SMILES string of the molecule is COc1ccc(-c2cc(CNC3(C(=O)NO)CCS(=O)(=O)CC3)no2)cc1. The molecule has 1 aliphatic heterocycles. The molecule has 0 saturated carbocycles. The number of carbonyl (C=O) groups excluding carboxylic acids is 1. The lowest BCUT2D eigenvalue weighted by atomic mass is 9.91. The van der Waals surface area contributed by atoms with E-state index in [1.165, 1.54) is 0 Å². The maximum absolute atomic E-state index is 12.1. The molecular formula is C17H21N3O6S. The van der Waals surface area contributed by atoms with Gasteiger partial charge in [-0.2, -0.15) is 0 Å². The summed E-state index contributed by atoms with van der Waals surface area (Å²) in [6, 6.07) is 9.02. The van der Waals surface area contributed by atoms with Crippen molar-refractivity contribution in [1.82, 2.24) is 16.0 Å². The zero-order chi connectivity index (χ0) is 19.5. The molecule has 10 heteroatoms. The summed E-state index contributed by atoms with van der Waals surface area (Å²) in [5.74, 6) is 0.383. The largest absolute Gasteiger partial charge is 0.497 e. The van der Waals surface area contributed by atoms with E-state index in [4.69, 9.17) is 14.5 Å². The number of aromatic nitrogens is 1. The smallest absolute Gasteiger partial charge is 0.263 e. The van der Waals surface area contributed by atoms with Gasteiger partial charge in [-0.25, -0.2) is 13.9 Å². The molecule has 0 atom stereocenters. The Morgan fingerprint density at radius 3 is 2.56 bits per heavy atom. The third-order valence-electron chi connectivity index (χ3n) is 4.76. The van der Waals surface area contributed by atoms with Gasteiger partial charge in [-0.05, 0) is 37.1 Å². The zero-order valence-corrected chi connectivity index (χ0v) is 15.6. The van der Waals surface area contributed by atoms with Gasteiger partial charge in [-0.1, -0.05) is 5.16 Å². The molecular weight excluding hydrogens is 374 g/mol. The van der Waals surface area contributed by atoms with E-state index in [9.17, 15) is 13.2 Å². The van der Waals surface area contributed by atoms with Gasteiger partial charge in [0.05, 0.1) is 24.3 Å². The van der Waals surface area contributed by atoms with Crippen molar-refractivity contribution in [3.8, 4) is 17.1 Å². The van der Waals surface area contributed by atoms with Crippen LogP contribution in [0.25, 0.3) is 11.3 Å². The van der Waals surface area contributed by atoms with Crippen LogP contribution in [0.1, 0.15) is 18.5 Å². The minimum Gasteiger partial charge on any atom is -0.497 e. The van der Waals surface area contributed by atoms with Crippen molar-refractivity contribution in [2.24, 2.45) is 0 Å². The average Bonchev–Trinajstić information content (AvgIpc) is 3.16. The summed E-state index contributed by atoms with van der Waals surface area (Å²) in [7, 11) is -1.58. The van der Waals surface area contributed by atoms with Crippen LogP contribution in [-0.4, -0.2) is 48.8 Å². The minimum absolute atomic E-state index is 0.0743. The van der Waals surface area contributed by atoms with E-state index in [0.717, 1.165) is 11.3 Å². The van der Waals surface area contributed by atoms with Gasteiger partial charge < -0.3 is 9.26 Å². The molecule has 0 spiro atoms. The molecule has 27 heavy (non-hydrogen) atoms. The van der Waals surface area contributed by atoms with Crippen molar-refractivity contribution < 1.29 is 27.7 Å². The summed E-state index contributed by atoms with van der Waals surface area (Å²) >= 11 is 0. The van der Waals surface area contributed by atoms with E-state index in [1.807, 2.05) is 12.1 Å². The van der Waals surface area contributed by atoms with Crippen molar-refractivity contribution in [2.75, 3.05) is 18.6 Å². The Kier molecular flexibility index (Phi) is 5.49. The van der Waals surface area contributed by atoms with E-state index < -0.39 is 21.3 Å². The molecule has 2 heterocycles. The Bertz CT molecular complexity index is 893. The van der Waals surface area contributed by atoms with Gasteiger partial charge in [0, 0.05) is 18.2 Å². The number of ether oxygens (including phenoxy) is 1. The van der Waals surface area contributed by atoms with Crippen LogP contribution >= 0.6 is 0 Å². The number of carbonyl (C=O) groups is 1. The molecule has 146 valence electrons.